The number of hydrogen-bond acceptors (Lipinski definition) is 4. The van der Waals surface area contributed by atoms with Crippen LogP contribution in [0.5, 0.6) is 11.5 Å². The van der Waals surface area contributed by atoms with E-state index >= 15 is 0 Å². The van der Waals surface area contributed by atoms with Gasteiger partial charge in [0.2, 0.25) is 5.91 Å². The number of carbonyl (C=O) groups excluding carboxylic acids is 1. The number of ether oxygens (including phenoxy) is 2. The Balaban J connectivity index is 1.97. The van der Waals surface area contributed by atoms with Crippen LogP contribution in [-0.4, -0.2) is 26.3 Å². The van der Waals surface area contributed by atoms with Crippen molar-refractivity contribution in [3.63, 3.8) is 0 Å². The van der Waals surface area contributed by atoms with Gasteiger partial charge in [-0.05, 0) is 29.8 Å². The van der Waals surface area contributed by atoms with Crippen LogP contribution in [0.4, 0.5) is 0 Å². The molecular weight excluding hydrogens is 351 g/mol. The summed E-state index contributed by atoms with van der Waals surface area (Å²) in [7, 11) is 3.10. The number of methoxy groups -OCH3 is 2. The lowest BCUT2D eigenvalue weighted by atomic mass is 10.1. The molecule has 0 aliphatic heterocycles. The smallest absolute Gasteiger partial charge is 0.244 e. The van der Waals surface area contributed by atoms with Crippen molar-refractivity contribution < 1.29 is 14.3 Å². The standard InChI is InChI=1S/C17H16Cl2N2O3/c1-23-15-6-3-11(7-16(15)24-2)8-17(22)21-20-10-12-4-5-13(18)9-14(12)19/h3-7,9-10H,8H2,1-2H3,(H,21,22)/b20-10+. The number of amides is 1. The molecule has 1 N–H and O–H groups in total. The lowest BCUT2D eigenvalue weighted by Gasteiger charge is -2.09. The second kappa shape index (κ2) is 8.57. The van der Waals surface area contributed by atoms with E-state index < -0.39 is 0 Å². The molecule has 0 radical (unpaired) electrons. The molecule has 0 aliphatic rings. The monoisotopic (exact) mass is 366 g/mol. The molecule has 1 amide bonds. The van der Waals surface area contributed by atoms with Gasteiger partial charge < -0.3 is 9.47 Å². The molecule has 0 saturated carbocycles. The molecule has 24 heavy (non-hydrogen) atoms. The van der Waals surface area contributed by atoms with Crippen molar-refractivity contribution in [2.75, 3.05) is 14.2 Å². The molecule has 126 valence electrons. The quantitative estimate of drug-likeness (QED) is 0.626. The van der Waals surface area contributed by atoms with Gasteiger partial charge in [-0.3, -0.25) is 4.79 Å². The van der Waals surface area contributed by atoms with E-state index in [0.717, 1.165) is 5.56 Å². The van der Waals surface area contributed by atoms with Crippen LogP contribution in [-0.2, 0) is 11.2 Å². The van der Waals surface area contributed by atoms with Gasteiger partial charge in [-0.25, -0.2) is 5.43 Å². The fourth-order valence-electron chi connectivity index (χ4n) is 2.00. The third kappa shape index (κ3) is 4.88. The molecule has 0 fully saturated rings. The van der Waals surface area contributed by atoms with Crippen LogP contribution in [0.15, 0.2) is 41.5 Å². The predicted molar refractivity (Wildman–Crippen MR) is 95.4 cm³/mol. The van der Waals surface area contributed by atoms with Crippen LogP contribution in [0.25, 0.3) is 0 Å². The normalized spacial score (nSPS) is 10.7. The van der Waals surface area contributed by atoms with Crippen LogP contribution in [0.3, 0.4) is 0 Å². The number of hydrogen-bond donors (Lipinski definition) is 1. The van der Waals surface area contributed by atoms with Gasteiger partial charge in [-0.15, -0.1) is 0 Å². The average Bonchev–Trinajstić information content (AvgIpc) is 2.56. The van der Waals surface area contributed by atoms with E-state index in [0.29, 0.717) is 27.1 Å². The zero-order valence-electron chi connectivity index (χ0n) is 13.2. The van der Waals surface area contributed by atoms with Gasteiger partial charge in [0.25, 0.3) is 0 Å². The van der Waals surface area contributed by atoms with Crippen molar-refractivity contribution in [2.24, 2.45) is 5.10 Å². The maximum atomic E-state index is 11.9. The maximum Gasteiger partial charge on any atom is 0.244 e. The van der Waals surface area contributed by atoms with Gasteiger partial charge in [-0.2, -0.15) is 5.10 Å². The van der Waals surface area contributed by atoms with Crippen LogP contribution >= 0.6 is 23.2 Å². The summed E-state index contributed by atoms with van der Waals surface area (Å²) < 4.78 is 10.4. The van der Waals surface area contributed by atoms with Crippen molar-refractivity contribution in [1.82, 2.24) is 5.43 Å². The Morgan fingerprint density at radius 3 is 2.54 bits per heavy atom. The zero-order valence-corrected chi connectivity index (χ0v) is 14.7. The molecule has 0 atom stereocenters. The molecule has 0 unspecified atom stereocenters. The van der Waals surface area contributed by atoms with Crippen LogP contribution < -0.4 is 14.9 Å². The summed E-state index contributed by atoms with van der Waals surface area (Å²) >= 11 is 11.8. The van der Waals surface area contributed by atoms with Crippen LogP contribution in [0.2, 0.25) is 10.0 Å². The third-order valence-electron chi connectivity index (χ3n) is 3.17. The Morgan fingerprint density at radius 1 is 1.12 bits per heavy atom. The first-order valence-corrected chi connectivity index (χ1v) is 7.77. The Kier molecular flexibility index (Phi) is 6.46. The largest absolute Gasteiger partial charge is 0.493 e. The highest BCUT2D eigenvalue weighted by atomic mass is 35.5. The second-order valence-corrected chi connectivity index (χ2v) is 5.67. The number of nitrogens with one attached hydrogen (secondary N) is 1. The number of rotatable bonds is 6. The molecule has 2 aromatic rings. The molecule has 0 spiro atoms. The van der Waals surface area contributed by atoms with Crippen molar-refractivity contribution in [2.45, 2.75) is 6.42 Å². The minimum Gasteiger partial charge on any atom is -0.493 e. The molecule has 7 heteroatoms. The number of hydrazone groups is 1. The third-order valence-corrected chi connectivity index (χ3v) is 3.73. The highest BCUT2D eigenvalue weighted by Gasteiger charge is 2.08. The number of halogens is 2. The van der Waals surface area contributed by atoms with Gasteiger partial charge in [0.1, 0.15) is 0 Å². The lowest BCUT2D eigenvalue weighted by molar-refractivity contribution is -0.120. The number of carbonyl (C=O) groups is 1. The van der Waals surface area contributed by atoms with Crippen molar-refractivity contribution in [1.29, 1.82) is 0 Å². The van der Waals surface area contributed by atoms with E-state index in [1.807, 2.05) is 0 Å². The SMILES string of the molecule is COc1ccc(CC(=O)N/N=C/c2ccc(Cl)cc2Cl)cc1OC. The van der Waals surface area contributed by atoms with Gasteiger partial charge in [-0.1, -0.05) is 35.3 Å². The molecule has 0 bridgehead atoms. The van der Waals surface area contributed by atoms with E-state index in [1.165, 1.54) is 6.21 Å². The molecule has 0 aromatic heterocycles. The van der Waals surface area contributed by atoms with Crippen molar-refractivity contribution >= 4 is 35.3 Å². The summed E-state index contributed by atoms with van der Waals surface area (Å²) in [6.07, 6.45) is 1.62. The summed E-state index contributed by atoms with van der Waals surface area (Å²) in [6, 6.07) is 10.3. The Labute approximate surface area is 150 Å². The Hall–Kier alpha value is -2.24. The molecule has 2 aromatic carbocycles. The minimum atomic E-state index is -0.261. The average molecular weight is 367 g/mol. The van der Waals surface area contributed by atoms with Gasteiger partial charge in [0.15, 0.2) is 11.5 Å². The fourth-order valence-corrected chi connectivity index (χ4v) is 2.45. The first kappa shape index (κ1) is 18.1. The highest BCUT2D eigenvalue weighted by molar-refractivity contribution is 6.36. The predicted octanol–water partition coefficient (Wildman–Crippen LogP) is 3.70. The number of nitrogens with zero attached hydrogens (tertiary/aromatic N) is 1. The minimum absolute atomic E-state index is 0.159. The molecular formula is C17H16Cl2N2O3. The van der Waals surface area contributed by atoms with Crippen molar-refractivity contribution in [3.05, 3.63) is 57.6 Å². The van der Waals surface area contributed by atoms with Crippen LogP contribution in [0.1, 0.15) is 11.1 Å². The topological polar surface area (TPSA) is 59.9 Å². The molecule has 5 nitrogen and oxygen atoms in total. The molecule has 0 aliphatic carbocycles. The number of benzene rings is 2. The second-order valence-electron chi connectivity index (χ2n) is 4.83. The van der Waals surface area contributed by atoms with E-state index in [4.69, 9.17) is 32.7 Å². The van der Waals surface area contributed by atoms with Crippen LogP contribution in [0, 0.1) is 0 Å². The summed E-state index contributed by atoms with van der Waals surface area (Å²) in [6.45, 7) is 0. The van der Waals surface area contributed by atoms with E-state index in [1.54, 1.807) is 50.6 Å². The molecule has 0 saturated heterocycles. The van der Waals surface area contributed by atoms with Gasteiger partial charge in [0, 0.05) is 10.6 Å². The molecule has 2 rings (SSSR count). The van der Waals surface area contributed by atoms with Gasteiger partial charge >= 0.3 is 0 Å². The van der Waals surface area contributed by atoms with E-state index in [2.05, 4.69) is 10.5 Å². The first-order chi connectivity index (χ1) is 11.5. The Morgan fingerprint density at radius 2 is 1.88 bits per heavy atom. The van der Waals surface area contributed by atoms with E-state index in [-0.39, 0.29) is 12.3 Å². The summed E-state index contributed by atoms with van der Waals surface area (Å²) in [5.41, 5.74) is 3.90. The highest BCUT2D eigenvalue weighted by Crippen LogP contribution is 2.27. The lowest BCUT2D eigenvalue weighted by Crippen LogP contribution is -2.19. The maximum absolute atomic E-state index is 11.9. The Bertz CT molecular complexity index is 763. The summed E-state index contributed by atoms with van der Waals surface area (Å²) in [5.74, 6) is 0.917. The fraction of sp³-hybridized carbons (Fsp3) is 0.176. The summed E-state index contributed by atoms with van der Waals surface area (Å²) in [5, 5.41) is 4.89. The van der Waals surface area contributed by atoms with Gasteiger partial charge in [0.05, 0.1) is 31.9 Å². The first-order valence-electron chi connectivity index (χ1n) is 7.01. The summed E-state index contributed by atoms with van der Waals surface area (Å²) in [4.78, 5) is 11.9. The van der Waals surface area contributed by atoms with E-state index in [9.17, 15) is 4.79 Å². The molecule has 0 heterocycles. The zero-order chi connectivity index (χ0) is 17.5. The van der Waals surface area contributed by atoms with Crippen molar-refractivity contribution in [3.8, 4) is 11.5 Å².